The smallest absolute Gasteiger partial charge is 0.266 e. The van der Waals surface area contributed by atoms with Crippen LogP contribution in [0.1, 0.15) is 11.1 Å². The van der Waals surface area contributed by atoms with Crippen molar-refractivity contribution >= 4 is 23.4 Å². The Kier molecular flexibility index (Phi) is 4.97. The Morgan fingerprint density at radius 1 is 1.26 bits per heavy atom. The summed E-state index contributed by atoms with van der Waals surface area (Å²) in [5, 5.41) is 30.4. The summed E-state index contributed by atoms with van der Waals surface area (Å²) in [6.45, 7) is -0.340. The zero-order valence-electron chi connectivity index (χ0n) is 12.2. The maximum atomic E-state index is 12.1. The van der Waals surface area contributed by atoms with Gasteiger partial charge in [0, 0.05) is 16.9 Å². The molecule has 1 amide bonds. The zero-order chi connectivity index (χ0) is 16.8. The SMILES string of the molecule is N#C/C(=C\c1ccc(O)c(CO)c1)C(=O)Nc1ccc(N)cc1. The van der Waals surface area contributed by atoms with Gasteiger partial charge in [-0.2, -0.15) is 5.26 Å². The molecule has 116 valence electrons. The molecule has 0 aliphatic rings. The molecule has 0 spiro atoms. The first-order chi connectivity index (χ1) is 11.0. The molecule has 6 nitrogen and oxygen atoms in total. The summed E-state index contributed by atoms with van der Waals surface area (Å²) in [6.07, 6.45) is 1.38. The Balaban J connectivity index is 2.23. The number of hydrogen-bond donors (Lipinski definition) is 4. The van der Waals surface area contributed by atoms with Gasteiger partial charge in [-0.05, 0) is 48.0 Å². The molecular weight excluding hydrogens is 294 g/mol. The van der Waals surface area contributed by atoms with Gasteiger partial charge in [-0.3, -0.25) is 4.79 Å². The Morgan fingerprint density at radius 3 is 2.57 bits per heavy atom. The van der Waals surface area contributed by atoms with Gasteiger partial charge >= 0.3 is 0 Å². The van der Waals surface area contributed by atoms with Crippen molar-refractivity contribution in [2.75, 3.05) is 11.1 Å². The summed E-state index contributed by atoms with van der Waals surface area (Å²) in [7, 11) is 0. The van der Waals surface area contributed by atoms with Gasteiger partial charge in [-0.1, -0.05) is 6.07 Å². The molecule has 0 saturated heterocycles. The molecule has 0 unspecified atom stereocenters. The van der Waals surface area contributed by atoms with Crippen LogP contribution < -0.4 is 11.1 Å². The first kappa shape index (κ1) is 16.1. The van der Waals surface area contributed by atoms with Crippen LogP contribution in [-0.4, -0.2) is 16.1 Å². The van der Waals surface area contributed by atoms with Gasteiger partial charge in [0.15, 0.2) is 0 Å². The van der Waals surface area contributed by atoms with Crippen LogP contribution in [0.3, 0.4) is 0 Å². The van der Waals surface area contributed by atoms with E-state index in [1.54, 1.807) is 30.3 Å². The average Bonchev–Trinajstić information content (AvgIpc) is 2.56. The Labute approximate surface area is 133 Å². The lowest BCUT2D eigenvalue weighted by atomic mass is 10.1. The fourth-order valence-corrected chi connectivity index (χ4v) is 1.90. The third kappa shape index (κ3) is 4.09. The van der Waals surface area contributed by atoms with Gasteiger partial charge in [0.25, 0.3) is 5.91 Å². The molecule has 0 heterocycles. The summed E-state index contributed by atoms with van der Waals surface area (Å²) in [6, 6.07) is 12.8. The number of aromatic hydroxyl groups is 1. The second-order valence-corrected chi connectivity index (χ2v) is 4.79. The molecule has 0 saturated carbocycles. The van der Waals surface area contributed by atoms with E-state index in [0.717, 1.165) is 0 Å². The number of benzene rings is 2. The molecule has 23 heavy (non-hydrogen) atoms. The van der Waals surface area contributed by atoms with Gasteiger partial charge < -0.3 is 21.3 Å². The summed E-state index contributed by atoms with van der Waals surface area (Å²) in [5.74, 6) is -0.606. The highest BCUT2D eigenvalue weighted by atomic mass is 16.3. The molecule has 2 aromatic rings. The first-order valence-corrected chi connectivity index (χ1v) is 6.75. The number of phenols is 1. The van der Waals surface area contributed by atoms with Crippen molar-refractivity contribution in [3.05, 3.63) is 59.2 Å². The van der Waals surface area contributed by atoms with Crippen molar-refractivity contribution in [3.63, 3.8) is 0 Å². The van der Waals surface area contributed by atoms with Gasteiger partial charge in [-0.15, -0.1) is 0 Å². The molecule has 0 aliphatic heterocycles. The van der Waals surface area contributed by atoms with E-state index in [1.807, 2.05) is 6.07 Å². The minimum absolute atomic E-state index is 0.0468. The number of nitriles is 1. The van der Waals surface area contributed by atoms with Gasteiger partial charge in [-0.25, -0.2) is 0 Å². The highest BCUT2D eigenvalue weighted by Crippen LogP contribution is 2.20. The van der Waals surface area contributed by atoms with E-state index in [0.29, 0.717) is 22.5 Å². The summed E-state index contributed by atoms with van der Waals surface area (Å²) >= 11 is 0. The number of aliphatic hydroxyl groups is 1. The third-order valence-corrected chi connectivity index (χ3v) is 3.12. The van der Waals surface area contributed by atoms with Gasteiger partial charge in [0.2, 0.25) is 0 Å². The quantitative estimate of drug-likeness (QED) is 0.391. The minimum Gasteiger partial charge on any atom is -0.508 e. The number of nitrogens with zero attached hydrogens (tertiary/aromatic N) is 1. The molecule has 0 radical (unpaired) electrons. The Bertz CT molecular complexity index is 790. The van der Waals surface area contributed by atoms with Crippen LogP contribution >= 0.6 is 0 Å². The van der Waals surface area contributed by atoms with Gasteiger partial charge in [0.1, 0.15) is 17.4 Å². The summed E-state index contributed by atoms with van der Waals surface area (Å²) in [4.78, 5) is 12.1. The van der Waals surface area contributed by atoms with E-state index < -0.39 is 5.91 Å². The van der Waals surface area contributed by atoms with Crippen LogP contribution in [0, 0.1) is 11.3 Å². The first-order valence-electron chi connectivity index (χ1n) is 6.75. The lowest BCUT2D eigenvalue weighted by Crippen LogP contribution is -2.13. The maximum Gasteiger partial charge on any atom is 0.266 e. The van der Waals surface area contributed by atoms with Crippen LogP contribution in [0.5, 0.6) is 5.75 Å². The fourth-order valence-electron chi connectivity index (χ4n) is 1.90. The number of amides is 1. The van der Waals surface area contributed by atoms with Crippen molar-refractivity contribution < 1.29 is 15.0 Å². The lowest BCUT2D eigenvalue weighted by molar-refractivity contribution is -0.112. The van der Waals surface area contributed by atoms with Crippen LogP contribution in [0.2, 0.25) is 0 Å². The number of aliphatic hydroxyl groups excluding tert-OH is 1. The van der Waals surface area contributed by atoms with Crippen molar-refractivity contribution in [1.29, 1.82) is 5.26 Å². The van der Waals surface area contributed by atoms with Crippen LogP contribution in [0.25, 0.3) is 6.08 Å². The van der Waals surface area contributed by atoms with Crippen molar-refractivity contribution in [2.45, 2.75) is 6.61 Å². The highest BCUT2D eigenvalue weighted by Gasteiger charge is 2.10. The molecule has 0 aliphatic carbocycles. The highest BCUT2D eigenvalue weighted by molar-refractivity contribution is 6.09. The standard InChI is InChI=1S/C17H15N3O3/c18-9-12(7-11-1-6-16(22)13(8-11)10-21)17(23)20-15-4-2-14(19)3-5-15/h1-8,21-22H,10,19H2,(H,20,23)/b12-7+. The number of nitrogens with one attached hydrogen (secondary N) is 1. The molecule has 0 bridgehead atoms. The number of carbonyl (C=O) groups is 1. The molecule has 0 aromatic heterocycles. The van der Waals surface area contributed by atoms with E-state index in [9.17, 15) is 9.90 Å². The number of anilines is 2. The lowest BCUT2D eigenvalue weighted by Gasteiger charge is -2.05. The second-order valence-electron chi connectivity index (χ2n) is 4.79. The Morgan fingerprint density at radius 2 is 1.96 bits per heavy atom. The molecule has 2 rings (SSSR count). The fraction of sp³-hybridized carbons (Fsp3) is 0.0588. The molecular formula is C17H15N3O3. The number of hydrogen-bond acceptors (Lipinski definition) is 5. The number of nitrogen functional groups attached to an aromatic ring is 1. The van der Waals surface area contributed by atoms with E-state index in [-0.39, 0.29) is 17.9 Å². The molecule has 0 fully saturated rings. The normalized spacial score (nSPS) is 10.9. The van der Waals surface area contributed by atoms with Crippen LogP contribution in [0.4, 0.5) is 11.4 Å². The summed E-state index contributed by atoms with van der Waals surface area (Å²) < 4.78 is 0. The third-order valence-electron chi connectivity index (χ3n) is 3.12. The Hall–Kier alpha value is -3.30. The number of rotatable bonds is 4. The average molecular weight is 309 g/mol. The van der Waals surface area contributed by atoms with Crippen LogP contribution in [-0.2, 0) is 11.4 Å². The van der Waals surface area contributed by atoms with Crippen LogP contribution in [0.15, 0.2) is 48.0 Å². The number of carbonyl (C=O) groups excluding carboxylic acids is 1. The second kappa shape index (κ2) is 7.11. The van der Waals surface area contributed by atoms with Crippen molar-refractivity contribution in [2.24, 2.45) is 0 Å². The zero-order valence-corrected chi connectivity index (χ0v) is 12.2. The minimum atomic E-state index is -0.559. The topological polar surface area (TPSA) is 119 Å². The van der Waals surface area contributed by atoms with Crippen molar-refractivity contribution in [1.82, 2.24) is 0 Å². The molecule has 2 aromatic carbocycles. The van der Waals surface area contributed by atoms with Crippen molar-refractivity contribution in [3.8, 4) is 11.8 Å². The largest absolute Gasteiger partial charge is 0.508 e. The monoisotopic (exact) mass is 309 g/mol. The molecule has 5 N–H and O–H groups in total. The predicted molar refractivity (Wildman–Crippen MR) is 87.1 cm³/mol. The number of nitrogens with two attached hydrogens (primary N) is 1. The molecule has 0 atom stereocenters. The summed E-state index contributed by atoms with van der Waals surface area (Å²) in [5.41, 5.74) is 7.40. The maximum absolute atomic E-state index is 12.1. The van der Waals surface area contributed by atoms with E-state index in [4.69, 9.17) is 16.1 Å². The van der Waals surface area contributed by atoms with E-state index in [1.165, 1.54) is 18.2 Å². The van der Waals surface area contributed by atoms with E-state index in [2.05, 4.69) is 5.32 Å². The predicted octanol–water partition coefficient (Wildman–Crippen LogP) is 2.01. The van der Waals surface area contributed by atoms with E-state index >= 15 is 0 Å². The molecule has 6 heteroatoms. The van der Waals surface area contributed by atoms with Gasteiger partial charge in [0.05, 0.1) is 6.61 Å².